The lowest BCUT2D eigenvalue weighted by molar-refractivity contribution is 0.181. The summed E-state index contributed by atoms with van der Waals surface area (Å²) < 4.78 is 27.8. The molecule has 1 aromatic rings. The van der Waals surface area contributed by atoms with Crippen LogP contribution >= 0.6 is 23.2 Å². The molecule has 0 radical (unpaired) electrons. The van der Waals surface area contributed by atoms with Gasteiger partial charge in [0.15, 0.2) is 0 Å². The highest BCUT2D eigenvalue weighted by molar-refractivity contribution is 7.89. The minimum Gasteiger partial charge on any atom is -0.336 e. The van der Waals surface area contributed by atoms with Crippen molar-refractivity contribution in [2.24, 2.45) is 5.92 Å². The molecule has 4 amide bonds. The van der Waals surface area contributed by atoms with Gasteiger partial charge in [0.2, 0.25) is 10.0 Å². The minimum atomic E-state index is -3.79. The number of carbonyl (C=O) groups excluding carboxylic acids is 2. The maximum Gasteiger partial charge on any atom is 0.317 e. The summed E-state index contributed by atoms with van der Waals surface area (Å²) in [5.74, 6) is 0.328. The topological polar surface area (TPSA) is 120 Å². The smallest absolute Gasteiger partial charge is 0.317 e. The van der Waals surface area contributed by atoms with E-state index in [0.717, 1.165) is 32.1 Å². The predicted molar refractivity (Wildman–Crippen MR) is 158 cm³/mol. The molecule has 0 aromatic heterocycles. The summed E-state index contributed by atoms with van der Waals surface area (Å²) in [5, 5.41) is 9.55. The quantitative estimate of drug-likeness (QED) is 0.209. The first-order valence-electron chi connectivity index (χ1n) is 13.9. The van der Waals surface area contributed by atoms with E-state index in [1.165, 1.54) is 24.6 Å². The van der Waals surface area contributed by atoms with Crippen LogP contribution in [0.5, 0.6) is 0 Å². The van der Waals surface area contributed by atoms with Gasteiger partial charge in [-0.05, 0) is 70.1 Å². The van der Waals surface area contributed by atoms with Crippen LogP contribution in [0.2, 0.25) is 10.0 Å². The molecule has 222 valence electrons. The molecule has 9 nitrogen and oxygen atoms in total. The zero-order valence-electron chi connectivity index (χ0n) is 23.6. The fourth-order valence-electron chi connectivity index (χ4n) is 4.69. The molecule has 2 rings (SSSR count). The standard InChI is InChI=1S/C27H45Cl2N5O4S/c1-19(2)16-23(33-26(35)32-22-10-6-5-7-11-22)18-34(27(36)31-20(3)4)15-9-8-14-30-39(37,38)25-13-12-21(28)17-24(25)29/h12-13,17,19-20,22-23,30H,5-11,14-16,18H2,1-4H3,(H,31,36)(H2,32,33,35)/t23-/m0/s1. The summed E-state index contributed by atoms with van der Waals surface area (Å²) >= 11 is 11.9. The molecule has 39 heavy (non-hydrogen) atoms. The lowest BCUT2D eigenvalue weighted by Crippen LogP contribution is -2.53. The second kappa shape index (κ2) is 16.5. The van der Waals surface area contributed by atoms with Crippen LogP contribution in [0.25, 0.3) is 0 Å². The van der Waals surface area contributed by atoms with Gasteiger partial charge in [-0.2, -0.15) is 0 Å². The van der Waals surface area contributed by atoms with Gasteiger partial charge in [0, 0.05) is 42.8 Å². The molecule has 0 bridgehead atoms. The van der Waals surface area contributed by atoms with Crippen LogP contribution in [0.15, 0.2) is 23.1 Å². The van der Waals surface area contributed by atoms with E-state index in [1.54, 1.807) is 4.90 Å². The van der Waals surface area contributed by atoms with Crippen LogP contribution < -0.4 is 20.7 Å². The first-order chi connectivity index (χ1) is 18.4. The molecule has 0 heterocycles. The van der Waals surface area contributed by atoms with Gasteiger partial charge in [-0.1, -0.05) is 56.3 Å². The number of nitrogens with zero attached hydrogens (tertiary/aromatic N) is 1. The van der Waals surface area contributed by atoms with Crippen LogP contribution in [0.4, 0.5) is 9.59 Å². The van der Waals surface area contributed by atoms with Crippen molar-refractivity contribution < 1.29 is 18.0 Å². The number of hydrogen-bond donors (Lipinski definition) is 4. The Bertz CT molecular complexity index is 1030. The largest absolute Gasteiger partial charge is 0.336 e. The fourth-order valence-corrected chi connectivity index (χ4v) is 6.54. The molecule has 12 heteroatoms. The van der Waals surface area contributed by atoms with Gasteiger partial charge >= 0.3 is 12.1 Å². The minimum absolute atomic E-state index is 0.0272. The van der Waals surface area contributed by atoms with Gasteiger partial charge in [-0.3, -0.25) is 0 Å². The van der Waals surface area contributed by atoms with Crippen molar-refractivity contribution in [2.75, 3.05) is 19.6 Å². The van der Waals surface area contributed by atoms with E-state index in [2.05, 4.69) is 34.5 Å². The second-order valence-corrected chi connectivity index (χ2v) is 13.6. The molecule has 1 aromatic carbocycles. The average molecular weight is 607 g/mol. The summed E-state index contributed by atoms with van der Waals surface area (Å²) in [6.07, 6.45) is 7.29. The number of rotatable bonds is 14. The zero-order chi connectivity index (χ0) is 29.0. The molecule has 1 aliphatic carbocycles. The van der Waals surface area contributed by atoms with Crippen LogP contribution in [-0.4, -0.2) is 63.1 Å². The maximum atomic E-state index is 13.0. The highest BCUT2D eigenvalue weighted by Gasteiger charge is 2.24. The highest BCUT2D eigenvalue weighted by atomic mass is 35.5. The van der Waals surface area contributed by atoms with Crippen molar-refractivity contribution in [3.05, 3.63) is 28.2 Å². The first-order valence-corrected chi connectivity index (χ1v) is 16.2. The molecule has 4 N–H and O–H groups in total. The average Bonchev–Trinajstić information content (AvgIpc) is 2.82. The number of halogens is 2. The molecule has 0 spiro atoms. The molecule has 1 atom stereocenters. The van der Waals surface area contributed by atoms with E-state index in [1.807, 2.05) is 13.8 Å². The summed E-state index contributed by atoms with van der Waals surface area (Å²) in [7, 11) is -3.79. The van der Waals surface area contributed by atoms with Crippen molar-refractivity contribution in [1.82, 2.24) is 25.6 Å². The molecular weight excluding hydrogens is 561 g/mol. The molecular formula is C27H45Cl2N5O4S. The van der Waals surface area contributed by atoms with Crippen molar-refractivity contribution >= 4 is 45.3 Å². The summed E-state index contributed by atoms with van der Waals surface area (Å²) in [5.41, 5.74) is 0. The van der Waals surface area contributed by atoms with Crippen molar-refractivity contribution in [3.8, 4) is 0 Å². The van der Waals surface area contributed by atoms with E-state index >= 15 is 0 Å². The van der Waals surface area contributed by atoms with Crippen molar-refractivity contribution in [2.45, 2.75) is 102 Å². The number of carbonyl (C=O) groups is 2. The third-order valence-corrected chi connectivity index (χ3v) is 8.68. The summed E-state index contributed by atoms with van der Waals surface area (Å²) in [6, 6.07) is 3.79. The predicted octanol–water partition coefficient (Wildman–Crippen LogP) is 5.52. The van der Waals surface area contributed by atoms with Gasteiger partial charge in [-0.15, -0.1) is 0 Å². The van der Waals surface area contributed by atoms with Crippen LogP contribution in [0, 0.1) is 5.92 Å². The van der Waals surface area contributed by atoms with Crippen molar-refractivity contribution in [1.29, 1.82) is 0 Å². The molecule has 1 aliphatic rings. The molecule has 1 fully saturated rings. The van der Waals surface area contributed by atoms with E-state index < -0.39 is 10.0 Å². The van der Waals surface area contributed by atoms with E-state index in [9.17, 15) is 18.0 Å². The lowest BCUT2D eigenvalue weighted by atomic mass is 9.96. The number of benzene rings is 1. The third-order valence-electron chi connectivity index (χ3n) is 6.50. The Kier molecular flexibility index (Phi) is 14.2. The normalized spacial score (nSPS) is 15.3. The summed E-state index contributed by atoms with van der Waals surface area (Å²) in [4.78, 5) is 27.4. The van der Waals surface area contributed by atoms with Gasteiger partial charge in [0.25, 0.3) is 0 Å². The number of unbranched alkanes of at least 4 members (excludes halogenated alkanes) is 1. The van der Waals surface area contributed by atoms with Crippen LogP contribution in [-0.2, 0) is 10.0 Å². The van der Waals surface area contributed by atoms with Crippen LogP contribution in [0.3, 0.4) is 0 Å². The van der Waals surface area contributed by atoms with Gasteiger partial charge in [0.05, 0.1) is 5.02 Å². The third kappa shape index (κ3) is 12.5. The number of urea groups is 2. The van der Waals surface area contributed by atoms with E-state index in [4.69, 9.17) is 23.2 Å². The Balaban J connectivity index is 1.95. The Morgan fingerprint density at radius 3 is 2.33 bits per heavy atom. The number of amides is 4. The lowest BCUT2D eigenvalue weighted by Gasteiger charge is -2.31. The van der Waals surface area contributed by atoms with Crippen molar-refractivity contribution in [3.63, 3.8) is 0 Å². The number of hydrogen-bond acceptors (Lipinski definition) is 4. The summed E-state index contributed by atoms with van der Waals surface area (Å²) in [6.45, 7) is 8.95. The van der Waals surface area contributed by atoms with Gasteiger partial charge < -0.3 is 20.9 Å². The highest BCUT2D eigenvalue weighted by Crippen LogP contribution is 2.24. The SMILES string of the molecule is CC(C)C[C@@H](CN(CCCCNS(=O)(=O)c1ccc(Cl)cc1Cl)C(=O)NC(C)C)NC(=O)NC1CCCCC1. The fraction of sp³-hybridized carbons (Fsp3) is 0.704. The van der Waals surface area contributed by atoms with Crippen LogP contribution in [0.1, 0.15) is 79.1 Å². The first kappa shape index (κ1) is 33.5. The molecule has 1 saturated carbocycles. The van der Waals surface area contributed by atoms with Gasteiger partial charge in [-0.25, -0.2) is 22.7 Å². The van der Waals surface area contributed by atoms with E-state index in [-0.39, 0.29) is 46.7 Å². The monoisotopic (exact) mass is 605 g/mol. The molecule has 0 aliphatic heterocycles. The van der Waals surface area contributed by atoms with Gasteiger partial charge in [0.1, 0.15) is 4.90 Å². The second-order valence-electron chi connectivity index (χ2n) is 11.0. The Morgan fingerprint density at radius 1 is 1.03 bits per heavy atom. The number of sulfonamides is 1. The van der Waals surface area contributed by atoms with E-state index in [0.29, 0.717) is 36.9 Å². The molecule has 0 saturated heterocycles. The zero-order valence-corrected chi connectivity index (χ0v) is 25.9. The Hall–Kier alpha value is -1.75. The molecule has 0 unspecified atom stereocenters. The Labute approximate surface area is 244 Å². The maximum absolute atomic E-state index is 13.0. The number of nitrogens with one attached hydrogen (secondary N) is 4. The Morgan fingerprint density at radius 2 is 1.72 bits per heavy atom.